The van der Waals surface area contributed by atoms with Crippen LogP contribution in [0.4, 0.5) is 0 Å². The van der Waals surface area contributed by atoms with Crippen molar-refractivity contribution in [3.63, 3.8) is 0 Å². The molecule has 0 saturated carbocycles. The molecule has 0 spiro atoms. The molecule has 0 amide bonds. The van der Waals surface area contributed by atoms with Crippen LogP contribution in [0.25, 0.3) is 0 Å². The van der Waals surface area contributed by atoms with E-state index in [-0.39, 0.29) is 12.2 Å². The summed E-state index contributed by atoms with van der Waals surface area (Å²) in [5, 5.41) is 0. The predicted octanol–water partition coefficient (Wildman–Crippen LogP) is 3.39. The highest BCUT2D eigenvalue weighted by Crippen LogP contribution is 2.14. The lowest BCUT2D eigenvalue weighted by Gasteiger charge is -2.18. The van der Waals surface area contributed by atoms with Crippen molar-refractivity contribution in [1.82, 2.24) is 0 Å². The molecule has 1 rings (SSSR count). The molecule has 82 valence electrons. The summed E-state index contributed by atoms with van der Waals surface area (Å²) in [5.74, 6) is 0.899. The van der Waals surface area contributed by atoms with Gasteiger partial charge in [-0.25, -0.2) is 0 Å². The van der Waals surface area contributed by atoms with E-state index in [1.807, 2.05) is 44.2 Å². The second-order valence-corrected chi connectivity index (χ2v) is 3.59. The fourth-order valence-electron chi connectivity index (χ4n) is 1.47. The van der Waals surface area contributed by atoms with Crippen LogP contribution >= 0.6 is 0 Å². The molecule has 0 N–H and O–H groups in total. The Hall–Kier alpha value is -1.44. The third-order valence-corrected chi connectivity index (χ3v) is 2.07. The largest absolute Gasteiger partial charge is 0.499 e. The number of ether oxygens (including phenoxy) is 2. The molecule has 0 bridgehead atoms. The summed E-state index contributed by atoms with van der Waals surface area (Å²) >= 11 is 0. The predicted molar refractivity (Wildman–Crippen MR) is 61.9 cm³/mol. The maximum atomic E-state index is 5.72. The van der Waals surface area contributed by atoms with E-state index in [4.69, 9.17) is 9.47 Å². The van der Waals surface area contributed by atoms with Gasteiger partial charge in [0.15, 0.2) is 0 Å². The van der Waals surface area contributed by atoms with Crippen LogP contribution in [0.2, 0.25) is 0 Å². The standard InChI is InChI=1S/C13H18O2/c1-4-14-11(2)10-12(3)15-13-8-6-5-7-9-13/h4-9,11-12H,1,10H2,2-3H3/t11-,12+/m1/s1. The Bertz CT molecular complexity index is 282. The van der Waals surface area contributed by atoms with Gasteiger partial charge in [-0.3, -0.25) is 0 Å². The summed E-state index contributed by atoms with van der Waals surface area (Å²) in [6.07, 6.45) is 2.60. The molecule has 0 aliphatic carbocycles. The minimum Gasteiger partial charge on any atom is -0.499 e. The fourth-order valence-corrected chi connectivity index (χ4v) is 1.47. The quantitative estimate of drug-likeness (QED) is 0.664. The van der Waals surface area contributed by atoms with Crippen LogP contribution in [-0.2, 0) is 4.74 Å². The molecule has 0 unspecified atom stereocenters. The van der Waals surface area contributed by atoms with E-state index in [0.29, 0.717) is 0 Å². The number of hydrogen-bond donors (Lipinski definition) is 0. The molecular weight excluding hydrogens is 188 g/mol. The summed E-state index contributed by atoms with van der Waals surface area (Å²) in [4.78, 5) is 0. The average molecular weight is 206 g/mol. The van der Waals surface area contributed by atoms with Gasteiger partial charge in [-0.15, -0.1) is 0 Å². The highest BCUT2D eigenvalue weighted by atomic mass is 16.5. The Morgan fingerprint density at radius 3 is 2.47 bits per heavy atom. The molecule has 2 nitrogen and oxygen atoms in total. The molecular formula is C13H18O2. The second kappa shape index (κ2) is 6.12. The SMILES string of the molecule is C=CO[C@H](C)C[C@H](C)Oc1ccccc1. The summed E-state index contributed by atoms with van der Waals surface area (Å²) < 4.78 is 11.0. The van der Waals surface area contributed by atoms with Crippen molar-refractivity contribution in [3.8, 4) is 5.75 Å². The first-order chi connectivity index (χ1) is 7.22. The van der Waals surface area contributed by atoms with Crippen molar-refractivity contribution in [1.29, 1.82) is 0 Å². The van der Waals surface area contributed by atoms with E-state index in [9.17, 15) is 0 Å². The van der Waals surface area contributed by atoms with Crippen molar-refractivity contribution in [2.24, 2.45) is 0 Å². The summed E-state index contributed by atoms with van der Waals surface area (Å²) in [6, 6.07) is 9.81. The summed E-state index contributed by atoms with van der Waals surface area (Å²) in [6.45, 7) is 7.57. The van der Waals surface area contributed by atoms with Gasteiger partial charge >= 0.3 is 0 Å². The molecule has 1 aromatic rings. The van der Waals surface area contributed by atoms with Gasteiger partial charge in [-0.2, -0.15) is 0 Å². The third kappa shape index (κ3) is 4.54. The zero-order valence-electron chi connectivity index (χ0n) is 9.35. The maximum absolute atomic E-state index is 5.72. The molecule has 0 saturated heterocycles. The van der Waals surface area contributed by atoms with Crippen LogP contribution in [0.15, 0.2) is 43.2 Å². The van der Waals surface area contributed by atoms with Gasteiger partial charge in [0.1, 0.15) is 5.75 Å². The molecule has 0 aromatic heterocycles. The number of hydrogen-bond acceptors (Lipinski definition) is 2. The topological polar surface area (TPSA) is 18.5 Å². The van der Waals surface area contributed by atoms with E-state index in [2.05, 4.69) is 6.58 Å². The molecule has 0 radical (unpaired) electrons. The number of para-hydroxylation sites is 1. The smallest absolute Gasteiger partial charge is 0.119 e. The first-order valence-corrected chi connectivity index (χ1v) is 5.20. The lowest BCUT2D eigenvalue weighted by atomic mass is 10.2. The van der Waals surface area contributed by atoms with Crippen molar-refractivity contribution in [2.45, 2.75) is 32.5 Å². The van der Waals surface area contributed by atoms with Crippen molar-refractivity contribution < 1.29 is 9.47 Å². The van der Waals surface area contributed by atoms with Gasteiger partial charge in [0, 0.05) is 6.42 Å². The molecule has 1 aromatic carbocycles. The number of rotatable bonds is 6. The second-order valence-electron chi connectivity index (χ2n) is 3.59. The molecule has 0 aliphatic heterocycles. The van der Waals surface area contributed by atoms with E-state index < -0.39 is 0 Å². The monoisotopic (exact) mass is 206 g/mol. The maximum Gasteiger partial charge on any atom is 0.119 e. The average Bonchev–Trinajstić information content (AvgIpc) is 2.19. The highest BCUT2D eigenvalue weighted by molar-refractivity contribution is 5.21. The van der Waals surface area contributed by atoms with E-state index in [0.717, 1.165) is 12.2 Å². The van der Waals surface area contributed by atoms with Gasteiger partial charge in [-0.05, 0) is 26.0 Å². The van der Waals surface area contributed by atoms with E-state index >= 15 is 0 Å². The normalized spacial score (nSPS) is 14.0. The van der Waals surface area contributed by atoms with Gasteiger partial charge in [0.2, 0.25) is 0 Å². The van der Waals surface area contributed by atoms with Crippen LogP contribution in [-0.4, -0.2) is 12.2 Å². The van der Waals surface area contributed by atoms with Crippen LogP contribution in [0.5, 0.6) is 5.75 Å². The third-order valence-electron chi connectivity index (χ3n) is 2.07. The minimum absolute atomic E-state index is 0.140. The van der Waals surface area contributed by atoms with E-state index in [1.165, 1.54) is 6.26 Å². The Kier molecular flexibility index (Phi) is 4.75. The van der Waals surface area contributed by atoms with Gasteiger partial charge in [0.25, 0.3) is 0 Å². The Balaban J connectivity index is 2.36. The number of benzene rings is 1. The molecule has 0 aliphatic rings. The fraction of sp³-hybridized carbons (Fsp3) is 0.385. The summed E-state index contributed by atoms with van der Waals surface area (Å²) in [7, 11) is 0. The zero-order valence-corrected chi connectivity index (χ0v) is 9.35. The molecule has 0 fully saturated rings. The van der Waals surface area contributed by atoms with Crippen molar-refractivity contribution in [2.75, 3.05) is 0 Å². The van der Waals surface area contributed by atoms with Crippen LogP contribution in [0.3, 0.4) is 0 Å². The molecule has 0 heterocycles. The lowest BCUT2D eigenvalue weighted by molar-refractivity contribution is 0.0997. The van der Waals surface area contributed by atoms with Crippen LogP contribution in [0.1, 0.15) is 20.3 Å². The van der Waals surface area contributed by atoms with E-state index in [1.54, 1.807) is 0 Å². The lowest BCUT2D eigenvalue weighted by Crippen LogP contribution is -2.19. The zero-order chi connectivity index (χ0) is 11.1. The van der Waals surface area contributed by atoms with Gasteiger partial charge in [-0.1, -0.05) is 24.8 Å². The van der Waals surface area contributed by atoms with Gasteiger partial charge in [0.05, 0.1) is 18.5 Å². The first-order valence-electron chi connectivity index (χ1n) is 5.20. The first kappa shape index (κ1) is 11.6. The molecule has 2 atom stereocenters. The highest BCUT2D eigenvalue weighted by Gasteiger charge is 2.09. The van der Waals surface area contributed by atoms with Crippen LogP contribution in [0, 0.1) is 0 Å². The van der Waals surface area contributed by atoms with Gasteiger partial charge < -0.3 is 9.47 Å². The molecule has 15 heavy (non-hydrogen) atoms. The Morgan fingerprint density at radius 2 is 1.87 bits per heavy atom. The molecule has 2 heteroatoms. The van der Waals surface area contributed by atoms with Crippen molar-refractivity contribution >= 4 is 0 Å². The Morgan fingerprint density at radius 1 is 1.20 bits per heavy atom. The van der Waals surface area contributed by atoms with Crippen molar-refractivity contribution in [3.05, 3.63) is 43.2 Å². The summed E-state index contributed by atoms with van der Waals surface area (Å²) in [5.41, 5.74) is 0. The Labute approximate surface area is 91.5 Å². The van der Waals surface area contributed by atoms with Crippen LogP contribution < -0.4 is 4.74 Å². The minimum atomic E-state index is 0.140.